The normalized spacial score (nSPS) is 25.3. The van der Waals surface area contributed by atoms with Gasteiger partial charge in [0.15, 0.2) is 0 Å². The summed E-state index contributed by atoms with van der Waals surface area (Å²) in [5.74, 6) is 1.46. The largest absolute Gasteiger partial charge is 0.299 e. The fourth-order valence-electron chi connectivity index (χ4n) is 4.39. The number of hydrogen-bond donors (Lipinski definition) is 2. The molecule has 2 fully saturated rings. The van der Waals surface area contributed by atoms with Gasteiger partial charge in [-0.25, -0.2) is 0 Å². The van der Waals surface area contributed by atoms with Gasteiger partial charge in [-0.15, -0.1) is 0 Å². The minimum atomic E-state index is 0.598. The van der Waals surface area contributed by atoms with E-state index in [2.05, 4.69) is 57.1 Å². The molecule has 2 saturated heterocycles. The van der Waals surface area contributed by atoms with E-state index in [1.807, 2.05) is 18.5 Å². The highest BCUT2D eigenvalue weighted by atomic mass is 15.4. The summed E-state index contributed by atoms with van der Waals surface area (Å²) in [6.07, 6.45) is 7.57. The molecule has 0 amide bonds. The van der Waals surface area contributed by atoms with Gasteiger partial charge in [-0.05, 0) is 61.4 Å². The first-order valence-electron chi connectivity index (χ1n) is 9.52. The number of likely N-dealkylation sites (tertiary alicyclic amines) is 1. The standard InChI is InChI=1S/C21H28N4/c1-2-5-17(6-3-1)13-20-15-23-24-21(20)19-8-11-25(12-9-19)16-18-7-4-10-22-14-18/h1-7,10,14,19-21,23-24H,8-9,11-13,15-16H2. The third-order valence-electron chi connectivity index (χ3n) is 5.75. The molecule has 4 nitrogen and oxygen atoms in total. The third kappa shape index (κ3) is 4.27. The van der Waals surface area contributed by atoms with Crippen molar-refractivity contribution in [2.24, 2.45) is 11.8 Å². The monoisotopic (exact) mass is 336 g/mol. The average Bonchev–Trinajstić information content (AvgIpc) is 3.12. The van der Waals surface area contributed by atoms with Gasteiger partial charge in [-0.3, -0.25) is 20.7 Å². The Bertz CT molecular complexity index is 637. The van der Waals surface area contributed by atoms with Gasteiger partial charge in [0.25, 0.3) is 0 Å². The van der Waals surface area contributed by atoms with E-state index < -0.39 is 0 Å². The summed E-state index contributed by atoms with van der Waals surface area (Å²) in [6.45, 7) is 4.49. The van der Waals surface area contributed by atoms with Gasteiger partial charge in [0.1, 0.15) is 0 Å². The van der Waals surface area contributed by atoms with Crippen LogP contribution in [0.1, 0.15) is 24.0 Å². The van der Waals surface area contributed by atoms with Crippen LogP contribution in [-0.4, -0.2) is 35.6 Å². The minimum Gasteiger partial charge on any atom is -0.299 e. The van der Waals surface area contributed by atoms with E-state index in [0.717, 1.165) is 19.0 Å². The zero-order valence-corrected chi connectivity index (χ0v) is 14.8. The fraction of sp³-hybridized carbons (Fsp3) is 0.476. The van der Waals surface area contributed by atoms with Gasteiger partial charge in [-0.2, -0.15) is 0 Å². The van der Waals surface area contributed by atoms with Crippen molar-refractivity contribution in [3.63, 3.8) is 0 Å². The maximum Gasteiger partial charge on any atom is 0.0312 e. The molecule has 2 aromatic rings. The summed E-state index contributed by atoms with van der Waals surface area (Å²) in [5, 5.41) is 0. The molecular weight excluding hydrogens is 308 g/mol. The zero-order chi connectivity index (χ0) is 16.9. The number of nitrogens with one attached hydrogen (secondary N) is 2. The molecule has 1 aromatic carbocycles. The highest BCUT2D eigenvalue weighted by Gasteiger charge is 2.35. The molecule has 2 unspecified atom stereocenters. The SMILES string of the molecule is c1ccc(CC2CNNC2C2CCN(Cc3cccnc3)CC2)cc1. The van der Waals surface area contributed by atoms with E-state index in [0.29, 0.717) is 12.0 Å². The Morgan fingerprint density at radius 2 is 1.80 bits per heavy atom. The van der Waals surface area contributed by atoms with Crippen LogP contribution in [0.5, 0.6) is 0 Å². The number of hydrazine groups is 1. The Morgan fingerprint density at radius 1 is 1.00 bits per heavy atom. The van der Waals surface area contributed by atoms with Crippen molar-refractivity contribution in [1.82, 2.24) is 20.7 Å². The first-order valence-corrected chi connectivity index (χ1v) is 9.52. The van der Waals surface area contributed by atoms with Crippen molar-refractivity contribution in [1.29, 1.82) is 0 Å². The molecular formula is C21H28N4. The van der Waals surface area contributed by atoms with Gasteiger partial charge in [-0.1, -0.05) is 36.4 Å². The maximum absolute atomic E-state index is 4.23. The van der Waals surface area contributed by atoms with Crippen LogP contribution in [-0.2, 0) is 13.0 Å². The Kier molecular flexibility index (Phi) is 5.40. The topological polar surface area (TPSA) is 40.2 Å². The van der Waals surface area contributed by atoms with Crippen molar-refractivity contribution in [2.45, 2.75) is 31.8 Å². The van der Waals surface area contributed by atoms with Crippen LogP contribution in [0.3, 0.4) is 0 Å². The van der Waals surface area contributed by atoms with Gasteiger partial charge < -0.3 is 0 Å². The number of piperidine rings is 1. The Labute approximate surface area is 150 Å². The maximum atomic E-state index is 4.23. The van der Waals surface area contributed by atoms with E-state index in [1.165, 1.54) is 43.5 Å². The molecule has 2 aliphatic heterocycles. The Morgan fingerprint density at radius 3 is 2.56 bits per heavy atom. The summed E-state index contributed by atoms with van der Waals surface area (Å²) in [6, 6.07) is 15.7. The quantitative estimate of drug-likeness (QED) is 0.881. The highest BCUT2D eigenvalue weighted by Crippen LogP contribution is 2.29. The number of hydrogen-bond acceptors (Lipinski definition) is 4. The lowest BCUT2D eigenvalue weighted by molar-refractivity contribution is 0.144. The summed E-state index contributed by atoms with van der Waals surface area (Å²) in [5.41, 5.74) is 9.78. The highest BCUT2D eigenvalue weighted by molar-refractivity contribution is 5.16. The van der Waals surface area contributed by atoms with Crippen LogP contribution in [0, 0.1) is 11.8 Å². The van der Waals surface area contributed by atoms with Crippen molar-refractivity contribution in [3.8, 4) is 0 Å². The smallest absolute Gasteiger partial charge is 0.0312 e. The van der Waals surface area contributed by atoms with Crippen molar-refractivity contribution in [2.75, 3.05) is 19.6 Å². The summed E-state index contributed by atoms with van der Waals surface area (Å²) in [4.78, 5) is 6.80. The molecule has 2 atom stereocenters. The molecule has 0 aliphatic carbocycles. The molecule has 4 rings (SSSR count). The second kappa shape index (κ2) is 8.09. The molecule has 4 heteroatoms. The number of nitrogens with zero attached hydrogens (tertiary/aromatic N) is 2. The first kappa shape index (κ1) is 16.7. The Hall–Kier alpha value is -1.75. The summed E-state index contributed by atoms with van der Waals surface area (Å²) >= 11 is 0. The fourth-order valence-corrected chi connectivity index (χ4v) is 4.39. The van der Waals surface area contributed by atoms with Crippen LogP contribution >= 0.6 is 0 Å². The van der Waals surface area contributed by atoms with E-state index in [1.54, 1.807) is 0 Å². The zero-order valence-electron chi connectivity index (χ0n) is 14.8. The second-order valence-corrected chi connectivity index (χ2v) is 7.48. The molecule has 0 saturated carbocycles. The van der Waals surface area contributed by atoms with Crippen molar-refractivity contribution >= 4 is 0 Å². The lowest BCUT2D eigenvalue weighted by Crippen LogP contribution is -2.44. The van der Waals surface area contributed by atoms with E-state index in [-0.39, 0.29) is 0 Å². The van der Waals surface area contributed by atoms with Crippen molar-refractivity contribution in [3.05, 3.63) is 66.0 Å². The van der Waals surface area contributed by atoms with E-state index in [4.69, 9.17) is 0 Å². The molecule has 0 bridgehead atoms. The number of pyridine rings is 1. The molecule has 0 radical (unpaired) electrons. The number of aromatic nitrogens is 1. The van der Waals surface area contributed by atoms with Gasteiger partial charge in [0.2, 0.25) is 0 Å². The average molecular weight is 336 g/mol. The minimum absolute atomic E-state index is 0.598. The molecule has 2 aliphatic rings. The van der Waals surface area contributed by atoms with E-state index in [9.17, 15) is 0 Å². The van der Waals surface area contributed by atoms with E-state index >= 15 is 0 Å². The Balaban J connectivity index is 1.30. The molecule has 3 heterocycles. The third-order valence-corrected chi connectivity index (χ3v) is 5.75. The lowest BCUT2D eigenvalue weighted by atomic mass is 9.81. The van der Waals surface area contributed by atoms with Crippen LogP contribution in [0.4, 0.5) is 0 Å². The molecule has 25 heavy (non-hydrogen) atoms. The van der Waals surface area contributed by atoms with Crippen LogP contribution in [0.2, 0.25) is 0 Å². The molecule has 2 N–H and O–H groups in total. The first-order chi connectivity index (χ1) is 12.4. The summed E-state index contributed by atoms with van der Waals surface area (Å²) < 4.78 is 0. The lowest BCUT2D eigenvalue weighted by Gasteiger charge is -2.36. The van der Waals surface area contributed by atoms with Gasteiger partial charge in [0, 0.05) is 31.5 Å². The molecule has 0 spiro atoms. The number of rotatable bonds is 5. The molecule has 1 aromatic heterocycles. The molecule has 132 valence electrons. The van der Waals surface area contributed by atoms with Crippen LogP contribution in [0.15, 0.2) is 54.9 Å². The second-order valence-electron chi connectivity index (χ2n) is 7.48. The predicted molar refractivity (Wildman–Crippen MR) is 101 cm³/mol. The summed E-state index contributed by atoms with van der Waals surface area (Å²) in [7, 11) is 0. The van der Waals surface area contributed by atoms with Gasteiger partial charge in [0.05, 0.1) is 0 Å². The number of benzene rings is 1. The van der Waals surface area contributed by atoms with Crippen LogP contribution < -0.4 is 10.9 Å². The van der Waals surface area contributed by atoms with Crippen molar-refractivity contribution < 1.29 is 0 Å². The predicted octanol–water partition coefficient (Wildman–Crippen LogP) is 2.63. The van der Waals surface area contributed by atoms with Crippen LogP contribution in [0.25, 0.3) is 0 Å². The van der Waals surface area contributed by atoms with Gasteiger partial charge >= 0.3 is 0 Å².